The summed E-state index contributed by atoms with van der Waals surface area (Å²) in [4.78, 5) is 3.72. The second kappa shape index (κ2) is 6.40. The quantitative estimate of drug-likeness (QED) is 0.898. The van der Waals surface area contributed by atoms with Crippen molar-refractivity contribution < 1.29 is 22.5 Å². The second-order valence-corrected chi connectivity index (χ2v) is 6.91. The third-order valence-corrected chi connectivity index (χ3v) is 5.12. The van der Waals surface area contributed by atoms with Crippen molar-refractivity contribution in [2.24, 2.45) is 0 Å². The van der Waals surface area contributed by atoms with Gasteiger partial charge < -0.3 is 5.11 Å². The number of rotatable bonds is 5. The molecule has 1 aromatic carbocycles. The molecule has 2 aromatic rings. The SMILES string of the molecule is CC(S(C)=O)C(O)(Cn1cncn1)c1ccccc1C(F)(F)F. The summed E-state index contributed by atoms with van der Waals surface area (Å²) >= 11 is 0. The van der Waals surface area contributed by atoms with Crippen molar-refractivity contribution in [1.82, 2.24) is 14.8 Å². The maximum absolute atomic E-state index is 13.3. The zero-order valence-electron chi connectivity index (χ0n) is 12.5. The Labute approximate surface area is 133 Å². The molecule has 0 spiro atoms. The Morgan fingerprint density at radius 3 is 2.39 bits per heavy atom. The van der Waals surface area contributed by atoms with E-state index in [1.165, 1.54) is 48.7 Å². The fourth-order valence-electron chi connectivity index (χ4n) is 2.38. The lowest BCUT2D eigenvalue weighted by molar-refractivity contribution is -0.141. The smallest absolute Gasteiger partial charge is 0.382 e. The number of alkyl halides is 3. The lowest BCUT2D eigenvalue weighted by atomic mass is 9.86. The second-order valence-electron chi connectivity index (χ2n) is 5.20. The molecular weight excluding hydrogens is 331 g/mol. The monoisotopic (exact) mass is 347 g/mol. The molecule has 1 heterocycles. The summed E-state index contributed by atoms with van der Waals surface area (Å²) in [6, 6.07) is 4.74. The number of aromatic nitrogens is 3. The average Bonchev–Trinajstić information content (AvgIpc) is 2.98. The van der Waals surface area contributed by atoms with Crippen LogP contribution in [0.3, 0.4) is 0 Å². The van der Waals surface area contributed by atoms with E-state index in [0.717, 1.165) is 6.07 Å². The normalized spacial score (nSPS) is 17.5. The van der Waals surface area contributed by atoms with Gasteiger partial charge in [-0.3, -0.25) is 4.21 Å². The predicted molar refractivity (Wildman–Crippen MR) is 78.9 cm³/mol. The summed E-state index contributed by atoms with van der Waals surface area (Å²) in [5.74, 6) is 0. The summed E-state index contributed by atoms with van der Waals surface area (Å²) in [5.41, 5.74) is -3.30. The van der Waals surface area contributed by atoms with Gasteiger partial charge in [0.05, 0.1) is 17.4 Å². The van der Waals surface area contributed by atoms with E-state index in [-0.39, 0.29) is 12.1 Å². The molecule has 0 amide bonds. The fraction of sp³-hybridized carbons (Fsp3) is 0.429. The molecule has 0 fully saturated rings. The Morgan fingerprint density at radius 1 is 1.30 bits per heavy atom. The van der Waals surface area contributed by atoms with Crippen LogP contribution in [0.5, 0.6) is 0 Å². The summed E-state index contributed by atoms with van der Waals surface area (Å²) in [6.07, 6.45) is -0.800. The highest BCUT2D eigenvalue weighted by Crippen LogP contribution is 2.39. The molecule has 23 heavy (non-hydrogen) atoms. The minimum atomic E-state index is -4.64. The lowest BCUT2D eigenvalue weighted by Gasteiger charge is -2.35. The van der Waals surface area contributed by atoms with E-state index in [4.69, 9.17) is 0 Å². The third-order valence-electron chi connectivity index (χ3n) is 3.74. The largest absolute Gasteiger partial charge is 0.416 e. The van der Waals surface area contributed by atoms with Crippen molar-refractivity contribution in [2.45, 2.75) is 30.5 Å². The Balaban J connectivity index is 2.61. The third kappa shape index (κ3) is 3.61. The highest BCUT2D eigenvalue weighted by atomic mass is 32.2. The van der Waals surface area contributed by atoms with Crippen LogP contribution >= 0.6 is 0 Å². The molecule has 1 aromatic heterocycles. The minimum Gasteiger partial charge on any atom is -0.382 e. The molecule has 9 heteroatoms. The van der Waals surface area contributed by atoms with Crippen molar-refractivity contribution in [3.05, 3.63) is 48.0 Å². The van der Waals surface area contributed by atoms with Gasteiger partial charge in [0.25, 0.3) is 0 Å². The molecule has 5 nitrogen and oxygen atoms in total. The fourth-order valence-corrected chi connectivity index (χ4v) is 3.13. The molecule has 3 unspecified atom stereocenters. The Kier molecular flexibility index (Phi) is 4.90. The van der Waals surface area contributed by atoms with Gasteiger partial charge in [-0.15, -0.1) is 0 Å². The van der Waals surface area contributed by atoms with E-state index in [2.05, 4.69) is 10.1 Å². The van der Waals surface area contributed by atoms with Gasteiger partial charge in [0.15, 0.2) is 0 Å². The maximum Gasteiger partial charge on any atom is 0.416 e. The first-order valence-electron chi connectivity index (χ1n) is 6.70. The molecule has 0 radical (unpaired) electrons. The zero-order chi connectivity index (χ0) is 17.3. The van der Waals surface area contributed by atoms with Gasteiger partial charge in [-0.05, 0) is 18.6 Å². The summed E-state index contributed by atoms with van der Waals surface area (Å²) < 4.78 is 53.0. The van der Waals surface area contributed by atoms with Gasteiger partial charge in [-0.25, -0.2) is 9.67 Å². The van der Waals surface area contributed by atoms with E-state index in [9.17, 15) is 22.5 Å². The summed E-state index contributed by atoms with van der Waals surface area (Å²) in [5, 5.41) is 13.9. The first kappa shape index (κ1) is 17.6. The summed E-state index contributed by atoms with van der Waals surface area (Å²) in [6.45, 7) is 1.15. The van der Waals surface area contributed by atoms with Gasteiger partial charge in [-0.2, -0.15) is 18.3 Å². The molecule has 0 aliphatic heterocycles. The van der Waals surface area contributed by atoms with E-state index in [1.54, 1.807) is 0 Å². The first-order valence-corrected chi connectivity index (χ1v) is 8.32. The highest BCUT2D eigenvalue weighted by Gasteiger charge is 2.45. The Bertz CT molecular complexity index is 691. The van der Waals surface area contributed by atoms with Crippen LogP contribution in [0.1, 0.15) is 18.1 Å². The number of hydrogen-bond acceptors (Lipinski definition) is 4. The van der Waals surface area contributed by atoms with Gasteiger partial charge >= 0.3 is 6.18 Å². The molecule has 3 atom stereocenters. The van der Waals surface area contributed by atoms with Crippen LogP contribution in [-0.4, -0.2) is 35.6 Å². The molecule has 126 valence electrons. The van der Waals surface area contributed by atoms with Crippen LogP contribution in [0.2, 0.25) is 0 Å². The molecule has 0 bridgehead atoms. The number of benzene rings is 1. The summed E-state index contributed by atoms with van der Waals surface area (Å²) in [7, 11) is -1.56. The van der Waals surface area contributed by atoms with Crippen LogP contribution in [0.15, 0.2) is 36.9 Å². The average molecular weight is 347 g/mol. The highest BCUT2D eigenvalue weighted by molar-refractivity contribution is 7.84. The molecule has 0 saturated heterocycles. The van der Waals surface area contributed by atoms with Crippen molar-refractivity contribution >= 4 is 10.8 Å². The standard InChI is InChI=1S/C14H16F3N3O2S/c1-10(23(2)22)13(21,7-20-9-18-8-19-20)11-5-3-4-6-12(11)14(15,16)17/h3-6,8-10,21H,7H2,1-2H3. The lowest BCUT2D eigenvalue weighted by Crippen LogP contribution is -2.45. The van der Waals surface area contributed by atoms with Crippen LogP contribution in [0, 0.1) is 0 Å². The minimum absolute atomic E-state index is 0.291. The number of aliphatic hydroxyl groups is 1. The predicted octanol–water partition coefficient (Wildman–Crippen LogP) is 1.95. The first-order chi connectivity index (χ1) is 10.7. The van der Waals surface area contributed by atoms with Crippen LogP contribution in [-0.2, 0) is 29.1 Å². The van der Waals surface area contributed by atoms with Crippen LogP contribution < -0.4 is 0 Å². The molecule has 2 rings (SSSR count). The van der Waals surface area contributed by atoms with Crippen molar-refractivity contribution in [1.29, 1.82) is 0 Å². The topological polar surface area (TPSA) is 68.0 Å². The van der Waals surface area contributed by atoms with Crippen molar-refractivity contribution in [3.8, 4) is 0 Å². The zero-order valence-corrected chi connectivity index (χ0v) is 13.3. The Morgan fingerprint density at radius 2 is 1.91 bits per heavy atom. The molecular formula is C14H16F3N3O2S. The van der Waals surface area contributed by atoms with Crippen LogP contribution in [0.25, 0.3) is 0 Å². The van der Waals surface area contributed by atoms with Gasteiger partial charge in [-0.1, -0.05) is 18.2 Å². The van der Waals surface area contributed by atoms with Gasteiger partial charge in [0.2, 0.25) is 0 Å². The van der Waals surface area contributed by atoms with E-state index < -0.39 is 33.4 Å². The number of nitrogens with zero attached hydrogens (tertiary/aromatic N) is 3. The Hall–Kier alpha value is -1.74. The number of halogens is 3. The van der Waals surface area contributed by atoms with Crippen LogP contribution in [0.4, 0.5) is 13.2 Å². The van der Waals surface area contributed by atoms with Gasteiger partial charge in [0.1, 0.15) is 18.3 Å². The van der Waals surface area contributed by atoms with Gasteiger partial charge in [0, 0.05) is 17.1 Å². The van der Waals surface area contributed by atoms with Crippen molar-refractivity contribution in [3.63, 3.8) is 0 Å². The molecule has 0 aliphatic carbocycles. The molecule has 1 N–H and O–H groups in total. The molecule has 0 aliphatic rings. The van der Waals surface area contributed by atoms with E-state index >= 15 is 0 Å². The van der Waals surface area contributed by atoms with E-state index in [0.29, 0.717) is 0 Å². The van der Waals surface area contributed by atoms with E-state index in [1.807, 2.05) is 0 Å². The molecule has 0 saturated carbocycles. The van der Waals surface area contributed by atoms with Crippen molar-refractivity contribution in [2.75, 3.05) is 6.26 Å². The number of hydrogen-bond donors (Lipinski definition) is 1. The maximum atomic E-state index is 13.3.